The molecule has 5 heteroatoms. The van der Waals surface area contributed by atoms with E-state index in [-0.39, 0.29) is 24.8 Å². The Morgan fingerprint density at radius 1 is 1.33 bits per heavy atom. The van der Waals surface area contributed by atoms with Gasteiger partial charge in [-0.1, -0.05) is 0 Å². The molecule has 1 aromatic heterocycles. The van der Waals surface area contributed by atoms with Gasteiger partial charge in [0.25, 0.3) is 0 Å². The van der Waals surface area contributed by atoms with E-state index < -0.39 is 0 Å². The molecule has 0 saturated carbocycles. The molecule has 2 heterocycles. The summed E-state index contributed by atoms with van der Waals surface area (Å²) in [6.45, 7) is 3.24. The summed E-state index contributed by atoms with van der Waals surface area (Å²) in [6.07, 6.45) is 5.79. The van der Waals surface area contributed by atoms with Crippen LogP contribution in [0, 0.1) is 0 Å². The molecule has 2 N–H and O–H groups in total. The average Bonchev–Trinajstić information content (AvgIpc) is 2.62. The quantitative estimate of drug-likeness (QED) is 0.877. The Labute approximate surface area is 103 Å². The fourth-order valence-corrected chi connectivity index (χ4v) is 1.75. The molecule has 1 fully saturated rings. The molecule has 0 amide bonds. The lowest BCUT2D eigenvalue weighted by atomic mass is 10.1. The van der Waals surface area contributed by atoms with Gasteiger partial charge in [-0.25, -0.2) is 0 Å². The summed E-state index contributed by atoms with van der Waals surface area (Å²) in [5.41, 5.74) is 7.08. The highest BCUT2D eigenvalue weighted by molar-refractivity contribution is 5.85. The lowest BCUT2D eigenvalue weighted by Crippen LogP contribution is -2.39. The summed E-state index contributed by atoms with van der Waals surface area (Å²) >= 11 is 0. The van der Waals surface area contributed by atoms with E-state index in [0.717, 1.165) is 32.5 Å². The fourth-order valence-electron chi connectivity index (χ4n) is 1.75. The van der Waals surface area contributed by atoms with Crippen molar-refractivity contribution in [2.75, 3.05) is 13.1 Å². The first kappa shape index (κ1) is 14.8. The number of halogens is 2. The number of nitrogens with two attached hydrogens (primary N) is 1. The van der Waals surface area contributed by atoms with E-state index in [1.807, 2.05) is 12.3 Å². The number of piperidine rings is 1. The molecule has 0 unspecified atom stereocenters. The molecule has 3 nitrogen and oxygen atoms in total. The average molecular weight is 253 g/mol. The van der Waals surface area contributed by atoms with Crippen LogP contribution in [-0.4, -0.2) is 24.0 Å². The fraction of sp³-hybridized carbons (Fsp3) is 0.600. The van der Waals surface area contributed by atoms with Crippen LogP contribution in [0.3, 0.4) is 0 Å². The van der Waals surface area contributed by atoms with Gasteiger partial charge in [0, 0.05) is 18.2 Å². The van der Waals surface area contributed by atoms with Crippen LogP contribution in [0.4, 0.5) is 0 Å². The number of rotatable bonds is 2. The summed E-state index contributed by atoms with van der Waals surface area (Å²) in [5, 5.41) is 0. The lowest BCUT2D eigenvalue weighted by Gasteiger charge is -2.29. The number of hydrogen-bond acceptors (Lipinski definition) is 3. The molecular weight excluding hydrogens is 235 g/mol. The van der Waals surface area contributed by atoms with Crippen molar-refractivity contribution >= 4 is 24.8 Å². The summed E-state index contributed by atoms with van der Waals surface area (Å²) in [7, 11) is 0. The van der Waals surface area contributed by atoms with Gasteiger partial charge in [-0.05, 0) is 32.0 Å². The molecule has 88 valence electrons. The first-order valence-corrected chi connectivity index (χ1v) is 4.83. The van der Waals surface area contributed by atoms with Crippen LogP contribution >= 0.6 is 24.8 Å². The Morgan fingerprint density at radius 2 is 2.00 bits per heavy atom. The zero-order valence-electron chi connectivity index (χ0n) is 8.59. The second-order valence-electron chi connectivity index (χ2n) is 3.75. The molecule has 1 saturated heterocycles. The minimum atomic E-state index is 0. The Hall–Kier alpha value is -0.220. The Kier molecular flexibility index (Phi) is 7.02. The molecule has 0 aliphatic carbocycles. The molecule has 0 atom stereocenters. The first-order valence-electron chi connectivity index (χ1n) is 4.83. The maximum absolute atomic E-state index is 5.83. The standard InChI is InChI=1S/C10H16N2O.2ClH/c11-10-1-4-12(5-2-10)7-9-3-6-13-8-9;;/h3,6,8,10H,1-2,4-5,7,11H2;2*1H. The number of furan rings is 1. The van der Waals surface area contributed by atoms with E-state index in [1.54, 1.807) is 6.26 Å². The van der Waals surface area contributed by atoms with Crippen LogP contribution in [0.5, 0.6) is 0 Å². The molecule has 15 heavy (non-hydrogen) atoms. The van der Waals surface area contributed by atoms with E-state index in [1.165, 1.54) is 5.56 Å². The summed E-state index contributed by atoms with van der Waals surface area (Å²) in [6, 6.07) is 2.44. The van der Waals surface area contributed by atoms with Gasteiger partial charge in [-0.15, -0.1) is 24.8 Å². The van der Waals surface area contributed by atoms with Gasteiger partial charge in [0.1, 0.15) is 0 Å². The van der Waals surface area contributed by atoms with Crippen molar-refractivity contribution in [1.29, 1.82) is 0 Å². The molecule has 0 bridgehead atoms. The van der Waals surface area contributed by atoms with Gasteiger partial charge in [-0.3, -0.25) is 4.90 Å². The third kappa shape index (κ3) is 4.43. The Balaban J connectivity index is 0.000000980. The third-order valence-corrected chi connectivity index (χ3v) is 2.62. The summed E-state index contributed by atoms with van der Waals surface area (Å²) in [5.74, 6) is 0. The lowest BCUT2D eigenvalue weighted by molar-refractivity contribution is 0.205. The van der Waals surface area contributed by atoms with Gasteiger partial charge in [0.05, 0.1) is 12.5 Å². The van der Waals surface area contributed by atoms with Crippen LogP contribution in [0.15, 0.2) is 23.0 Å². The molecule has 0 aromatic carbocycles. The molecular formula is C10H18Cl2N2O. The molecule has 1 aliphatic heterocycles. The van der Waals surface area contributed by atoms with Crippen LogP contribution in [0.2, 0.25) is 0 Å². The van der Waals surface area contributed by atoms with Crippen molar-refractivity contribution in [3.63, 3.8) is 0 Å². The predicted octanol–water partition coefficient (Wildman–Crippen LogP) is 2.05. The van der Waals surface area contributed by atoms with Crippen molar-refractivity contribution in [3.8, 4) is 0 Å². The van der Waals surface area contributed by atoms with Crippen molar-refractivity contribution in [2.45, 2.75) is 25.4 Å². The maximum Gasteiger partial charge on any atom is 0.0947 e. The highest BCUT2D eigenvalue weighted by atomic mass is 35.5. The van der Waals surface area contributed by atoms with Gasteiger partial charge in [-0.2, -0.15) is 0 Å². The van der Waals surface area contributed by atoms with Crippen LogP contribution < -0.4 is 5.73 Å². The maximum atomic E-state index is 5.83. The predicted molar refractivity (Wildman–Crippen MR) is 65.7 cm³/mol. The smallest absolute Gasteiger partial charge is 0.0947 e. The van der Waals surface area contributed by atoms with Gasteiger partial charge in [0.15, 0.2) is 0 Å². The monoisotopic (exact) mass is 252 g/mol. The van der Waals surface area contributed by atoms with E-state index in [9.17, 15) is 0 Å². The summed E-state index contributed by atoms with van der Waals surface area (Å²) < 4.78 is 5.03. The van der Waals surface area contributed by atoms with Gasteiger partial charge < -0.3 is 10.2 Å². The van der Waals surface area contributed by atoms with E-state index in [0.29, 0.717) is 6.04 Å². The number of nitrogens with zero attached hydrogens (tertiary/aromatic N) is 1. The molecule has 2 rings (SSSR count). The SMILES string of the molecule is Cl.Cl.NC1CCN(Cc2ccoc2)CC1. The normalized spacial score (nSPS) is 17.9. The molecule has 1 aliphatic rings. The minimum Gasteiger partial charge on any atom is -0.472 e. The Bertz CT molecular complexity index is 246. The summed E-state index contributed by atoms with van der Waals surface area (Å²) in [4.78, 5) is 2.42. The zero-order valence-corrected chi connectivity index (χ0v) is 10.2. The van der Waals surface area contributed by atoms with E-state index in [2.05, 4.69) is 4.90 Å². The van der Waals surface area contributed by atoms with Crippen molar-refractivity contribution in [1.82, 2.24) is 4.90 Å². The van der Waals surface area contributed by atoms with Crippen LogP contribution in [-0.2, 0) is 6.54 Å². The van der Waals surface area contributed by atoms with Crippen LogP contribution in [0.1, 0.15) is 18.4 Å². The van der Waals surface area contributed by atoms with Gasteiger partial charge in [0.2, 0.25) is 0 Å². The van der Waals surface area contributed by atoms with E-state index >= 15 is 0 Å². The zero-order chi connectivity index (χ0) is 9.10. The van der Waals surface area contributed by atoms with Gasteiger partial charge >= 0.3 is 0 Å². The third-order valence-electron chi connectivity index (χ3n) is 2.62. The second kappa shape index (κ2) is 7.12. The minimum absolute atomic E-state index is 0. The topological polar surface area (TPSA) is 42.4 Å². The Morgan fingerprint density at radius 3 is 2.53 bits per heavy atom. The van der Waals surface area contributed by atoms with Crippen molar-refractivity contribution in [3.05, 3.63) is 24.2 Å². The van der Waals surface area contributed by atoms with Crippen molar-refractivity contribution < 1.29 is 4.42 Å². The number of likely N-dealkylation sites (tertiary alicyclic amines) is 1. The molecule has 1 aromatic rings. The van der Waals surface area contributed by atoms with E-state index in [4.69, 9.17) is 10.2 Å². The highest BCUT2D eigenvalue weighted by Gasteiger charge is 2.15. The highest BCUT2D eigenvalue weighted by Crippen LogP contribution is 2.12. The largest absolute Gasteiger partial charge is 0.472 e. The first-order chi connectivity index (χ1) is 6.34. The number of hydrogen-bond donors (Lipinski definition) is 1. The van der Waals surface area contributed by atoms with Crippen LogP contribution in [0.25, 0.3) is 0 Å². The van der Waals surface area contributed by atoms with Crippen molar-refractivity contribution in [2.24, 2.45) is 5.73 Å². The molecule has 0 radical (unpaired) electrons. The molecule has 0 spiro atoms. The second-order valence-corrected chi connectivity index (χ2v) is 3.75.